The molecule has 0 unspecified atom stereocenters. The molecule has 1 saturated carbocycles. The van der Waals surface area contributed by atoms with Crippen molar-refractivity contribution in [1.29, 1.82) is 0 Å². The highest BCUT2D eigenvalue weighted by Crippen LogP contribution is 2.35. The van der Waals surface area contributed by atoms with Gasteiger partial charge in [-0.2, -0.15) is 5.10 Å². The van der Waals surface area contributed by atoms with Crippen molar-refractivity contribution < 1.29 is 9.59 Å². The number of H-pyrrole nitrogens is 1. The first-order valence-electron chi connectivity index (χ1n) is 15.1. The van der Waals surface area contributed by atoms with Crippen molar-refractivity contribution in [2.45, 2.75) is 71.4 Å². The number of fused-ring (bicyclic) bond motifs is 1. The van der Waals surface area contributed by atoms with Gasteiger partial charge in [-0.1, -0.05) is 18.9 Å². The number of aromatic nitrogens is 3. The van der Waals surface area contributed by atoms with E-state index in [0.29, 0.717) is 30.3 Å². The lowest BCUT2D eigenvalue weighted by molar-refractivity contribution is -0.135. The molecule has 216 valence electrons. The second-order valence-corrected chi connectivity index (χ2v) is 11.9. The van der Waals surface area contributed by atoms with E-state index in [9.17, 15) is 14.4 Å². The van der Waals surface area contributed by atoms with E-state index in [4.69, 9.17) is 5.10 Å². The monoisotopic (exact) mass is 556 g/mol. The van der Waals surface area contributed by atoms with Gasteiger partial charge < -0.3 is 20.5 Å². The van der Waals surface area contributed by atoms with E-state index >= 15 is 0 Å². The predicted molar refractivity (Wildman–Crippen MR) is 160 cm³/mol. The average Bonchev–Trinajstić information content (AvgIpc) is 3.66. The van der Waals surface area contributed by atoms with Crippen LogP contribution in [-0.4, -0.2) is 57.7 Å². The number of aryl methyl sites for hydroxylation is 2. The van der Waals surface area contributed by atoms with Crippen LogP contribution in [0.4, 0.5) is 0 Å². The zero-order valence-corrected chi connectivity index (χ0v) is 24.1. The van der Waals surface area contributed by atoms with Crippen LogP contribution in [0.15, 0.2) is 35.3 Å². The Morgan fingerprint density at radius 1 is 1.07 bits per heavy atom. The van der Waals surface area contributed by atoms with E-state index < -0.39 is 0 Å². The Kier molecular flexibility index (Phi) is 7.79. The molecule has 6 rings (SSSR count). The van der Waals surface area contributed by atoms with E-state index in [-0.39, 0.29) is 29.8 Å². The summed E-state index contributed by atoms with van der Waals surface area (Å²) in [6, 6.07) is 6.39. The van der Waals surface area contributed by atoms with Crippen LogP contribution in [0, 0.1) is 19.8 Å². The van der Waals surface area contributed by atoms with Crippen molar-refractivity contribution in [2.75, 3.05) is 26.2 Å². The first kappa shape index (κ1) is 27.4. The number of nitrogens with one attached hydrogen (secondary N) is 3. The van der Waals surface area contributed by atoms with E-state index in [1.165, 1.54) is 12.8 Å². The summed E-state index contributed by atoms with van der Waals surface area (Å²) in [5, 5.41) is 11.9. The predicted octanol–water partition coefficient (Wildman–Crippen LogP) is 4.00. The fourth-order valence-electron chi connectivity index (χ4n) is 6.78. The Balaban J connectivity index is 1.29. The van der Waals surface area contributed by atoms with Crippen LogP contribution in [0.1, 0.15) is 83.7 Å². The molecule has 41 heavy (non-hydrogen) atoms. The summed E-state index contributed by atoms with van der Waals surface area (Å²) >= 11 is 0. The Labute approximate surface area is 240 Å². The standard InChI is InChI=1S/C32H40N6O3/c1-20-15-21(2)36-31(40)27(20)18-34-30(39)26-16-24(17-29-28(26)19-35-38(29)25-5-3-4-6-25)22-9-13-37(14-10-22)32(41)23-7-11-33-12-8-23/h9,15-17,19,23,25,33H,3-8,10-14,18H2,1-2H3,(H,34,39)(H,36,40). The fourth-order valence-corrected chi connectivity index (χ4v) is 6.78. The van der Waals surface area contributed by atoms with Crippen molar-refractivity contribution in [2.24, 2.45) is 5.92 Å². The molecular weight excluding hydrogens is 516 g/mol. The lowest BCUT2D eigenvalue weighted by Crippen LogP contribution is -2.42. The zero-order valence-electron chi connectivity index (χ0n) is 24.1. The van der Waals surface area contributed by atoms with E-state index in [2.05, 4.69) is 32.4 Å². The van der Waals surface area contributed by atoms with Gasteiger partial charge in [0, 0.05) is 42.2 Å². The minimum absolute atomic E-state index is 0.114. The minimum atomic E-state index is -0.221. The van der Waals surface area contributed by atoms with Gasteiger partial charge in [-0.25, -0.2) is 0 Å². The van der Waals surface area contributed by atoms with Crippen LogP contribution in [0.2, 0.25) is 0 Å². The Morgan fingerprint density at radius 3 is 2.56 bits per heavy atom. The normalized spacial score (nSPS) is 18.6. The number of aromatic amines is 1. The number of rotatable bonds is 6. The van der Waals surface area contributed by atoms with E-state index in [1.807, 2.05) is 37.1 Å². The van der Waals surface area contributed by atoms with Gasteiger partial charge in [0.2, 0.25) is 5.91 Å². The summed E-state index contributed by atoms with van der Waals surface area (Å²) in [6.45, 7) is 6.98. The van der Waals surface area contributed by atoms with Gasteiger partial charge in [0.15, 0.2) is 0 Å². The summed E-state index contributed by atoms with van der Waals surface area (Å²) < 4.78 is 2.10. The number of amides is 2. The number of hydrogen-bond acceptors (Lipinski definition) is 5. The topological polar surface area (TPSA) is 112 Å². The highest BCUT2D eigenvalue weighted by Gasteiger charge is 2.28. The number of benzene rings is 1. The number of piperidine rings is 1. The molecular formula is C32H40N6O3. The lowest BCUT2D eigenvalue weighted by Gasteiger charge is -2.32. The second kappa shape index (κ2) is 11.6. The summed E-state index contributed by atoms with van der Waals surface area (Å²) in [4.78, 5) is 44.1. The Bertz CT molecular complexity index is 1560. The van der Waals surface area contributed by atoms with E-state index in [1.54, 1.807) is 0 Å². The number of pyridine rings is 1. The molecule has 1 aliphatic carbocycles. The SMILES string of the molecule is Cc1cc(C)c(CNC(=O)c2cc(C3=CCN(C(=O)C4CCNCC4)CC3)cc3c2cnn3C2CCCC2)c(=O)[nH]1. The van der Waals surface area contributed by atoms with Crippen LogP contribution in [0.25, 0.3) is 16.5 Å². The number of nitrogens with zero attached hydrogens (tertiary/aromatic N) is 3. The van der Waals surface area contributed by atoms with Crippen molar-refractivity contribution in [1.82, 2.24) is 30.3 Å². The van der Waals surface area contributed by atoms with Gasteiger partial charge in [0.1, 0.15) is 0 Å². The van der Waals surface area contributed by atoms with Gasteiger partial charge in [0.25, 0.3) is 11.5 Å². The van der Waals surface area contributed by atoms with Crippen molar-refractivity contribution in [3.63, 3.8) is 0 Å². The van der Waals surface area contributed by atoms with Crippen LogP contribution in [0.5, 0.6) is 0 Å². The molecule has 0 bridgehead atoms. The molecule has 2 aliphatic heterocycles. The molecule has 2 aromatic heterocycles. The van der Waals surface area contributed by atoms with Gasteiger partial charge in [-0.3, -0.25) is 19.1 Å². The molecule has 3 aromatic rings. The highest BCUT2D eigenvalue weighted by molar-refractivity contribution is 6.07. The molecule has 0 spiro atoms. The lowest BCUT2D eigenvalue weighted by atomic mass is 9.93. The highest BCUT2D eigenvalue weighted by atomic mass is 16.2. The van der Waals surface area contributed by atoms with E-state index in [0.717, 1.165) is 78.5 Å². The molecule has 2 amide bonds. The van der Waals surface area contributed by atoms with Gasteiger partial charge >= 0.3 is 0 Å². The molecule has 0 atom stereocenters. The molecule has 1 aromatic carbocycles. The Hall–Kier alpha value is -3.72. The largest absolute Gasteiger partial charge is 0.348 e. The number of hydrogen-bond donors (Lipinski definition) is 3. The maximum absolute atomic E-state index is 13.7. The molecule has 3 N–H and O–H groups in total. The molecule has 9 nitrogen and oxygen atoms in total. The molecule has 4 heterocycles. The van der Waals surface area contributed by atoms with Gasteiger partial charge in [0.05, 0.1) is 23.3 Å². The first-order chi connectivity index (χ1) is 19.9. The minimum Gasteiger partial charge on any atom is -0.348 e. The van der Waals surface area contributed by atoms with Gasteiger partial charge in [-0.15, -0.1) is 0 Å². The molecule has 3 aliphatic rings. The van der Waals surface area contributed by atoms with Crippen LogP contribution >= 0.6 is 0 Å². The molecule has 2 fully saturated rings. The molecule has 0 radical (unpaired) electrons. The van der Waals surface area contributed by atoms with Crippen molar-refractivity contribution in [3.05, 3.63) is 68.8 Å². The van der Waals surface area contributed by atoms with Crippen molar-refractivity contribution in [3.8, 4) is 0 Å². The van der Waals surface area contributed by atoms with Gasteiger partial charge in [-0.05, 0) is 93.9 Å². The summed E-state index contributed by atoms with van der Waals surface area (Å²) in [6.07, 6.45) is 11.1. The maximum Gasteiger partial charge on any atom is 0.253 e. The fraction of sp³-hybridized carbons (Fsp3) is 0.500. The quantitative estimate of drug-likeness (QED) is 0.425. The summed E-state index contributed by atoms with van der Waals surface area (Å²) in [5.74, 6) is 0.155. The second-order valence-electron chi connectivity index (χ2n) is 11.9. The first-order valence-corrected chi connectivity index (χ1v) is 15.1. The van der Waals surface area contributed by atoms with Crippen LogP contribution in [0.3, 0.4) is 0 Å². The number of carbonyl (C=O) groups is 2. The third kappa shape index (κ3) is 5.60. The van der Waals surface area contributed by atoms with Crippen LogP contribution < -0.4 is 16.2 Å². The number of carbonyl (C=O) groups excluding carboxylic acids is 2. The Morgan fingerprint density at radius 2 is 1.85 bits per heavy atom. The summed E-state index contributed by atoms with van der Waals surface area (Å²) in [7, 11) is 0. The van der Waals surface area contributed by atoms with Crippen LogP contribution in [-0.2, 0) is 11.3 Å². The van der Waals surface area contributed by atoms with Crippen molar-refractivity contribution >= 4 is 28.3 Å². The third-order valence-electron chi connectivity index (χ3n) is 9.13. The molecule has 9 heteroatoms. The maximum atomic E-state index is 13.7. The smallest absolute Gasteiger partial charge is 0.253 e. The third-order valence-corrected chi connectivity index (χ3v) is 9.13. The molecule has 1 saturated heterocycles. The zero-order chi connectivity index (χ0) is 28.5. The summed E-state index contributed by atoms with van der Waals surface area (Å²) in [5.41, 5.74) is 5.73. The average molecular weight is 557 g/mol.